The third-order valence-corrected chi connectivity index (χ3v) is 3.58. The summed E-state index contributed by atoms with van der Waals surface area (Å²) < 4.78 is 0.756. The highest BCUT2D eigenvalue weighted by Crippen LogP contribution is 1.98. The van der Waals surface area contributed by atoms with Crippen molar-refractivity contribution in [2.45, 2.75) is 13.8 Å². The maximum absolute atomic E-state index is 11.5. The molecule has 2 N–H and O–H groups in total. The molecule has 0 radical (unpaired) electrons. The standard InChI is InChI=1S/C11H16INO2/c1-5-10(12-4)11(15)13-8(2)6-7-9(3)14/h5-7,14H,1H2,2-4H3,(H,13,15)/b8-6+,9-7+. The van der Waals surface area contributed by atoms with Crippen molar-refractivity contribution in [3.8, 4) is 0 Å². The van der Waals surface area contributed by atoms with Crippen molar-refractivity contribution in [3.63, 3.8) is 0 Å². The number of hydrogen-bond donors (Lipinski definition) is 2. The van der Waals surface area contributed by atoms with Crippen LogP contribution in [0.5, 0.6) is 0 Å². The number of aliphatic hydroxyl groups is 1. The van der Waals surface area contributed by atoms with Crippen LogP contribution in [0.1, 0.15) is 13.8 Å². The normalized spacial score (nSPS) is 14.2. The van der Waals surface area contributed by atoms with Gasteiger partial charge >= 0.3 is 0 Å². The molecule has 0 aliphatic heterocycles. The smallest absolute Gasteiger partial charge is 0.260 e. The zero-order valence-electron chi connectivity index (χ0n) is 9.17. The predicted octanol–water partition coefficient (Wildman–Crippen LogP) is 2.43. The lowest BCUT2D eigenvalue weighted by Crippen LogP contribution is -2.27. The first kappa shape index (κ1) is 14.1. The Kier molecular flexibility index (Phi) is 6.94. The average Bonchev–Trinajstić information content (AvgIpc) is 2.16. The molecule has 0 aromatic heterocycles. The van der Waals surface area contributed by atoms with Crippen LogP contribution in [0.25, 0.3) is 0 Å². The van der Waals surface area contributed by atoms with E-state index in [1.54, 1.807) is 26.0 Å². The van der Waals surface area contributed by atoms with Crippen molar-refractivity contribution in [1.82, 2.24) is 5.32 Å². The van der Waals surface area contributed by atoms with Gasteiger partial charge in [0.05, 0.1) is 9.27 Å². The Morgan fingerprint density at radius 3 is 2.40 bits per heavy atom. The Morgan fingerprint density at radius 1 is 1.40 bits per heavy atom. The van der Waals surface area contributed by atoms with Crippen molar-refractivity contribution in [2.24, 2.45) is 0 Å². The van der Waals surface area contributed by atoms with Gasteiger partial charge in [-0.05, 0) is 30.9 Å². The van der Waals surface area contributed by atoms with E-state index in [-0.39, 0.29) is 32.4 Å². The van der Waals surface area contributed by atoms with Crippen LogP contribution in [-0.2, 0) is 4.79 Å². The first-order valence-corrected chi connectivity index (χ1v) is 7.59. The molecule has 0 aromatic rings. The van der Waals surface area contributed by atoms with E-state index < -0.39 is 0 Å². The van der Waals surface area contributed by atoms with Gasteiger partial charge in [0.2, 0.25) is 0 Å². The van der Waals surface area contributed by atoms with Gasteiger partial charge in [0.25, 0.3) is 5.91 Å². The number of rotatable bonds is 4. The number of alkyl halides is 1. The minimum absolute atomic E-state index is 0.0990. The third kappa shape index (κ3) is 6.22. The highest BCUT2D eigenvalue weighted by atomic mass is 127. The fourth-order valence-corrected chi connectivity index (χ4v) is 1.85. The summed E-state index contributed by atoms with van der Waals surface area (Å²) >= 11 is -0.259. The van der Waals surface area contributed by atoms with Gasteiger partial charge in [0.1, 0.15) is 0 Å². The monoisotopic (exact) mass is 321 g/mol. The molecule has 15 heavy (non-hydrogen) atoms. The number of carbonyl (C=O) groups is 1. The van der Waals surface area contributed by atoms with Gasteiger partial charge in [-0.2, -0.15) is 0 Å². The number of amides is 1. The maximum atomic E-state index is 11.5. The second-order valence-electron chi connectivity index (χ2n) is 2.85. The first-order chi connectivity index (χ1) is 7.01. The Labute approximate surface area is 100 Å². The van der Waals surface area contributed by atoms with Gasteiger partial charge in [-0.25, -0.2) is 0 Å². The molecule has 4 heteroatoms. The third-order valence-electron chi connectivity index (χ3n) is 1.48. The summed E-state index contributed by atoms with van der Waals surface area (Å²) in [6.07, 6.45) is 4.79. The van der Waals surface area contributed by atoms with E-state index in [2.05, 4.69) is 11.9 Å². The van der Waals surface area contributed by atoms with Gasteiger partial charge in [0, 0.05) is 5.70 Å². The number of carbonyl (C=O) groups excluding carboxylic acids is 1. The molecule has 0 spiro atoms. The van der Waals surface area contributed by atoms with Crippen LogP contribution in [0.3, 0.4) is 0 Å². The van der Waals surface area contributed by atoms with Crippen molar-refractivity contribution >= 4 is 30.1 Å². The molecular weight excluding hydrogens is 305 g/mol. The van der Waals surface area contributed by atoms with Crippen LogP contribution in [0.2, 0.25) is 0 Å². The summed E-state index contributed by atoms with van der Waals surface area (Å²) in [4.78, 5) is 13.6. The van der Waals surface area contributed by atoms with Gasteiger partial charge in [0.15, 0.2) is 0 Å². The quantitative estimate of drug-likeness (QED) is 0.362. The van der Waals surface area contributed by atoms with E-state index in [1.165, 1.54) is 6.08 Å². The highest BCUT2D eigenvalue weighted by Gasteiger charge is 2.04. The molecule has 0 saturated carbocycles. The minimum Gasteiger partial charge on any atom is -0.513 e. The van der Waals surface area contributed by atoms with E-state index in [4.69, 9.17) is 5.11 Å². The Bertz CT molecular complexity index is 336. The lowest BCUT2D eigenvalue weighted by Gasteiger charge is -2.03. The molecule has 0 saturated heterocycles. The molecule has 0 aromatic carbocycles. The summed E-state index contributed by atoms with van der Waals surface area (Å²) in [5.74, 6) is 0.109. The lowest BCUT2D eigenvalue weighted by molar-refractivity contribution is -0.113. The highest BCUT2D eigenvalue weighted by molar-refractivity contribution is 14.2. The van der Waals surface area contributed by atoms with Crippen molar-refractivity contribution in [1.29, 1.82) is 0 Å². The Morgan fingerprint density at radius 2 is 2.00 bits per heavy atom. The van der Waals surface area contributed by atoms with E-state index in [0.29, 0.717) is 5.70 Å². The second-order valence-corrected chi connectivity index (χ2v) is 5.09. The van der Waals surface area contributed by atoms with E-state index >= 15 is 0 Å². The van der Waals surface area contributed by atoms with E-state index in [1.807, 2.05) is 4.93 Å². The predicted molar refractivity (Wildman–Crippen MR) is 73.4 cm³/mol. The summed E-state index contributed by atoms with van der Waals surface area (Å²) in [7, 11) is 0. The summed E-state index contributed by atoms with van der Waals surface area (Å²) in [5.41, 5.74) is 0.699. The number of aliphatic hydroxyl groups excluding tert-OH is 1. The van der Waals surface area contributed by atoms with Crippen LogP contribution < -0.4 is 5.32 Å². The molecular formula is C11H16INO2. The molecule has 0 atom stereocenters. The van der Waals surface area contributed by atoms with Crippen molar-refractivity contribution in [3.05, 3.63) is 36.3 Å². The summed E-state index contributed by atoms with van der Waals surface area (Å²) in [6.45, 7) is 6.94. The lowest BCUT2D eigenvalue weighted by atomic mass is 10.3. The molecule has 1 amide bonds. The summed E-state index contributed by atoms with van der Waals surface area (Å²) in [5, 5.41) is 11.6. The zero-order valence-corrected chi connectivity index (χ0v) is 11.3. The number of nitrogens with one attached hydrogen (secondary N) is 1. The Balaban J connectivity index is 4.49. The SMILES string of the molecule is C=CC(=IC)C(=O)N/C(C)=C/C=C(\C)O. The van der Waals surface area contributed by atoms with Gasteiger partial charge < -0.3 is 10.4 Å². The molecule has 0 fully saturated rings. The molecule has 0 heterocycles. The second kappa shape index (κ2) is 7.39. The van der Waals surface area contributed by atoms with Crippen LogP contribution in [0.4, 0.5) is 0 Å². The average molecular weight is 321 g/mol. The van der Waals surface area contributed by atoms with Gasteiger partial charge in [-0.15, -0.1) is 20.7 Å². The Hall–Kier alpha value is -0.910. The van der Waals surface area contributed by atoms with Crippen molar-refractivity contribution in [2.75, 3.05) is 4.93 Å². The van der Waals surface area contributed by atoms with E-state index in [0.717, 1.165) is 3.51 Å². The number of halogens is 1. The molecule has 0 unspecified atom stereocenters. The van der Waals surface area contributed by atoms with Crippen LogP contribution in [0, 0.1) is 0 Å². The molecule has 0 bridgehead atoms. The number of allylic oxidation sites excluding steroid dienone is 4. The molecule has 3 nitrogen and oxygen atoms in total. The zero-order chi connectivity index (χ0) is 11.8. The van der Waals surface area contributed by atoms with E-state index in [9.17, 15) is 4.79 Å². The topological polar surface area (TPSA) is 49.3 Å². The van der Waals surface area contributed by atoms with Crippen LogP contribution in [-0.4, -0.2) is 19.5 Å². The van der Waals surface area contributed by atoms with Crippen LogP contribution in [0.15, 0.2) is 36.3 Å². The molecule has 84 valence electrons. The fourth-order valence-electron chi connectivity index (χ4n) is 0.782. The van der Waals surface area contributed by atoms with Crippen molar-refractivity contribution < 1.29 is 9.90 Å². The first-order valence-electron chi connectivity index (χ1n) is 4.35. The molecule has 0 aliphatic carbocycles. The summed E-state index contributed by atoms with van der Waals surface area (Å²) in [6, 6.07) is 0. The maximum Gasteiger partial charge on any atom is 0.260 e. The van der Waals surface area contributed by atoms with Crippen LogP contribution >= 0.6 is 20.7 Å². The van der Waals surface area contributed by atoms with Gasteiger partial charge in [-0.1, -0.05) is 12.7 Å². The number of hydrogen-bond acceptors (Lipinski definition) is 2. The fraction of sp³-hybridized carbons (Fsp3) is 0.273. The molecule has 0 rings (SSSR count). The minimum atomic E-state index is -0.259. The largest absolute Gasteiger partial charge is 0.513 e. The molecule has 0 aliphatic rings. The van der Waals surface area contributed by atoms with Gasteiger partial charge in [-0.3, -0.25) is 4.79 Å².